The highest BCUT2D eigenvalue weighted by Gasteiger charge is 2.34. The second-order valence-corrected chi connectivity index (χ2v) is 4.78. The van der Waals surface area contributed by atoms with Crippen LogP contribution in [0.5, 0.6) is 5.88 Å². The summed E-state index contributed by atoms with van der Waals surface area (Å²) in [4.78, 5) is 7.05. The Morgan fingerprint density at radius 3 is 2.57 bits per heavy atom. The summed E-state index contributed by atoms with van der Waals surface area (Å²) in [5.41, 5.74) is 0.932. The number of ether oxygens (including phenoxy) is 1. The molecule has 1 aromatic rings. The number of nitrogens with one attached hydrogen (secondary N) is 1. The summed E-state index contributed by atoms with van der Waals surface area (Å²) in [6, 6.07) is 0.785. The van der Waals surface area contributed by atoms with Gasteiger partial charge in [-0.3, -0.25) is 5.43 Å². The Labute approximate surface area is 122 Å². The van der Waals surface area contributed by atoms with Crippen LogP contribution in [0.1, 0.15) is 45.2 Å². The van der Waals surface area contributed by atoms with Crippen LogP contribution in [0.4, 0.5) is 19.1 Å². The van der Waals surface area contributed by atoms with Gasteiger partial charge >= 0.3 is 6.18 Å². The third-order valence-electron chi connectivity index (χ3n) is 3.13. The molecule has 120 valence electrons. The van der Waals surface area contributed by atoms with Gasteiger partial charge in [0.15, 0.2) is 5.69 Å². The summed E-state index contributed by atoms with van der Waals surface area (Å²) in [5.74, 6) is 4.93. The van der Waals surface area contributed by atoms with Gasteiger partial charge in [-0.25, -0.2) is 10.8 Å². The Hall–Kier alpha value is -1.57. The number of alkyl halides is 3. The predicted octanol–water partition coefficient (Wildman–Crippen LogP) is 3.38. The number of hydrogen-bond acceptors (Lipinski definition) is 5. The number of aromatic nitrogens is 2. The van der Waals surface area contributed by atoms with Crippen molar-refractivity contribution < 1.29 is 17.9 Å². The third kappa shape index (κ3) is 5.74. The van der Waals surface area contributed by atoms with Crippen LogP contribution in [0.15, 0.2) is 6.07 Å². The number of nitrogens with two attached hydrogens (primary N) is 1. The van der Waals surface area contributed by atoms with Gasteiger partial charge in [0, 0.05) is 6.07 Å². The van der Waals surface area contributed by atoms with Crippen LogP contribution in [0, 0.1) is 5.92 Å². The van der Waals surface area contributed by atoms with Crippen LogP contribution in [0.3, 0.4) is 0 Å². The molecule has 1 heterocycles. The van der Waals surface area contributed by atoms with Crippen LogP contribution in [-0.4, -0.2) is 16.6 Å². The second-order valence-electron chi connectivity index (χ2n) is 4.78. The maximum Gasteiger partial charge on any atom is 0.433 e. The molecule has 1 rings (SSSR count). The predicted molar refractivity (Wildman–Crippen MR) is 73.6 cm³/mol. The van der Waals surface area contributed by atoms with Crippen molar-refractivity contribution in [2.75, 3.05) is 12.0 Å². The van der Waals surface area contributed by atoms with E-state index in [0.29, 0.717) is 12.5 Å². The lowest BCUT2D eigenvalue weighted by Crippen LogP contribution is -2.17. The largest absolute Gasteiger partial charge is 0.477 e. The topological polar surface area (TPSA) is 73.1 Å². The standard InChI is InChI=1S/C13H21F3N4O/c1-3-5-6-9(4-2)8-21-11-7-10(13(14,15)16)18-12(19-11)20-17/h7,9H,3-6,8,17H2,1-2H3,(H,18,19,20). The summed E-state index contributed by atoms with van der Waals surface area (Å²) in [7, 11) is 0. The van der Waals surface area contributed by atoms with Gasteiger partial charge in [0.2, 0.25) is 11.8 Å². The van der Waals surface area contributed by atoms with Crippen molar-refractivity contribution in [3.63, 3.8) is 0 Å². The van der Waals surface area contributed by atoms with Crippen LogP contribution in [0.2, 0.25) is 0 Å². The van der Waals surface area contributed by atoms with E-state index < -0.39 is 11.9 Å². The first-order valence-corrected chi connectivity index (χ1v) is 6.96. The summed E-state index contributed by atoms with van der Waals surface area (Å²) in [6.07, 6.45) is -0.553. The maximum absolute atomic E-state index is 12.7. The fourth-order valence-corrected chi connectivity index (χ4v) is 1.81. The molecule has 0 aliphatic rings. The number of nitrogens with zero attached hydrogens (tertiary/aromatic N) is 2. The third-order valence-corrected chi connectivity index (χ3v) is 3.13. The molecule has 0 aromatic carbocycles. The zero-order valence-electron chi connectivity index (χ0n) is 12.2. The SMILES string of the molecule is CCCCC(CC)COc1cc(C(F)(F)F)nc(NN)n1. The highest BCUT2D eigenvalue weighted by atomic mass is 19.4. The first-order chi connectivity index (χ1) is 9.90. The van der Waals surface area contributed by atoms with E-state index in [1.807, 2.05) is 12.3 Å². The number of nitrogen functional groups attached to an aromatic ring is 1. The van der Waals surface area contributed by atoms with E-state index in [-0.39, 0.29) is 11.8 Å². The van der Waals surface area contributed by atoms with Crippen LogP contribution >= 0.6 is 0 Å². The van der Waals surface area contributed by atoms with Gasteiger partial charge in [-0.15, -0.1) is 0 Å². The fraction of sp³-hybridized carbons (Fsp3) is 0.692. The quantitative estimate of drug-likeness (QED) is 0.569. The van der Waals surface area contributed by atoms with Crippen molar-refractivity contribution in [3.05, 3.63) is 11.8 Å². The summed E-state index contributed by atoms with van der Waals surface area (Å²) in [6.45, 7) is 4.44. The van der Waals surface area contributed by atoms with Crippen molar-refractivity contribution in [1.29, 1.82) is 0 Å². The van der Waals surface area contributed by atoms with Crippen molar-refractivity contribution in [1.82, 2.24) is 9.97 Å². The zero-order valence-corrected chi connectivity index (χ0v) is 12.2. The van der Waals surface area contributed by atoms with Gasteiger partial charge in [-0.1, -0.05) is 33.1 Å². The Morgan fingerprint density at radius 1 is 1.33 bits per heavy atom. The molecule has 0 aliphatic heterocycles. The van der Waals surface area contributed by atoms with Gasteiger partial charge < -0.3 is 4.74 Å². The minimum absolute atomic E-state index is 0.125. The smallest absolute Gasteiger partial charge is 0.433 e. The highest BCUT2D eigenvalue weighted by Crippen LogP contribution is 2.30. The van der Waals surface area contributed by atoms with E-state index in [9.17, 15) is 13.2 Å². The number of unbranched alkanes of at least 4 members (excludes halogenated alkanes) is 1. The number of rotatable bonds is 8. The summed E-state index contributed by atoms with van der Waals surface area (Å²) >= 11 is 0. The van der Waals surface area contributed by atoms with Gasteiger partial charge in [0.1, 0.15) is 0 Å². The first kappa shape index (κ1) is 17.5. The van der Waals surface area contributed by atoms with Crippen LogP contribution in [0.25, 0.3) is 0 Å². The molecule has 0 amide bonds. The minimum Gasteiger partial charge on any atom is -0.477 e. The number of hydrazine groups is 1. The highest BCUT2D eigenvalue weighted by molar-refractivity contribution is 5.30. The fourth-order valence-electron chi connectivity index (χ4n) is 1.81. The van der Waals surface area contributed by atoms with Gasteiger partial charge in [-0.05, 0) is 12.3 Å². The van der Waals surface area contributed by atoms with Gasteiger partial charge in [-0.2, -0.15) is 18.2 Å². The van der Waals surface area contributed by atoms with Gasteiger partial charge in [0.25, 0.3) is 0 Å². The van der Waals surface area contributed by atoms with Crippen LogP contribution in [-0.2, 0) is 6.18 Å². The summed E-state index contributed by atoms with van der Waals surface area (Å²) in [5, 5.41) is 0. The van der Waals surface area contributed by atoms with Crippen molar-refractivity contribution >= 4 is 5.95 Å². The molecule has 1 atom stereocenters. The average Bonchev–Trinajstić information content (AvgIpc) is 2.46. The molecule has 1 aromatic heterocycles. The van der Waals surface area contributed by atoms with E-state index in [1.165, 1.54) is 0 Å². The average molecular weight is 306 g/mol. The number of hydrogen-bond donors (Lipinski definition) is 2. The molecule has 0 saturated carbocycles. The Kier molecular flexibility index (Phi) is 6.67. The molecule has 1 unspecified atom stereocenters. The van der Waals surface area contributed by atoms with E-state index in [1.54, 1.807) is 0 Å². The van der Waals surface area contributed by atoms with Crippen molar-refractivity contribution in [2.45, 2.75) is 45.7 Å². The van der Waals surface area contributed by atoms with E-state index in [2.05, 4.69) is 16.9 Å². The zero-order chi connectivity index (χ0) is 15.9. The molecule has 0 radical (unpaired) electrons. The first-order valence-electron chi connectivity index (χ1n) is 6.96. The Morgan fingerprint density at radius 2 is 2.05 bits per heavy atom. The lowest BCUT2D eigenvalue weighted by molar-refractivity contribution is -0.141. The lowest BCUT2D eigenvalue weighted by atomic mass is 10.0. The Balaban J connectivity index is 2.78. The van der Waals surface area contributed by atoms with Crippen molar-refractivity contribution in [2.24, 2.45) is 11.8 Å². The van der Waals surface area contributed by atoms with Gasteiger partial charge in [0.05, 0.1) is 6.61 Å². The monoisotopic (exact) mass is 306 g/mol. The van der Waals surface area contributed by atoms with E-state index >= 15 is 0 Å². The Bertz CT molecular complexity index is 440. The molecule has 5 nitrogen and oxygen atoms in total. The normalized spacial score (nSPS) is 13.0. The van der Waals surface area contributed by atoms with Crippen LogP contribution < -0.4 is 16.0 Å². The van der Waals surface area contributed by atoms with E-state index in [4.69, 9.17) is 10.6 Å². The maximum atomic E-state index is 12.7. The number of anilines is 1. The van der Waals surface area contributed by atoms with Crippen molar-refractivity contribution in [3.8, 4) is 5.88 Å². The molecule has 21 heavy (non-hydrogen) atoms. The molecule has 0 bridgehead atoms. The molecule has 8 heteroatoms. The molecule has 0 fully saturated rings. The molecule has 0 aliphatic carbocycles. The molecule has 0 saturated heterocycles. The molecule has 3 N–H and O–H groups in total. The minimum atomic E-state index is -4.57. The van der Waals surface area contributed by atoms with E-state index in [0.717, 1.165) is 31.7 Å². The molecule has 0 spiro atoms. The number of halogens is 3. The molecular formula is C13H21F3N4O. The second kappa shape index (κ2) is 8.02. The molecular weight excluding hydrogens is 285 g/mol. The lowest BCUT2D eigenvalue weighted by Gasteiger charge is -2.16. The summed E-state index contributed by atoms with van der Waals surface area (Å²) < 4.78 is 43.5.